The summed E-state index contributed by atoms with van der Waals surface area (Å²) in [5.41, 5.74) is -0.484. The first-order valence-electron chi connectivity index (χ1n) is 10.4. The monoisotopic (exact) mass is 396 g/mol. The summed E-state index contributed by atoms with van der Waals surface area (Å²) in [5, 5.41) is 23.4. The number of ketones is 2. The van der Waals surface area contributed by atoms with Crippen molar-refractivity contribution in [3.63, 3.8) is 0 Å². The number of carbonyl (C=O) groups is 2. The molecule has 0 bridgehead atoms. The number of hydrogen-bond acceptors (Lipinski definition) is 5. The van der Waals surface area contributed by atoms with Crippen LogP contribution in [0.15, 0.2) is 35.6 Å². The summed E-state index contributed by atoms with van der Waals surface area (Å²) in [4.78, 5) is 27.0. The highest BCUT2D eigenvalue weighted by molar-refractivity contribution is 6.03. The van der Waals surface area contributed by atoms with E-state index in [1.54, 1.807) is 6.07 Å². The molecule has 0 saturated heterocycles. The van der Waals surface area contributed by atoms with Crippen LogP contribution in [0.25, 0.3) is 0 Å². The second-order valence-corrected chi connectivity index (χ2v) is 10.9. The van der Waals surface area contributed by atoms with E-state index in [1.807, 2.05) is 45.9 Å². The van der Waals surface area contributed by atoms with Crippen molar-refractivity contribution in [3.8, 4) is 0 Å². The third-order valence-corrected chi connectivity index (χ3v) is 7.41. The van der Waals surface area contributed by atoms with Crippen molar-refractivity contribution in [2.45, 2.75) is 71.2 Å². The number of aliphatic hydroxyl groups is 2. The van der Waals surface area contributed by atoms with Crippen molar-refractivity contribution >= 4 is 11.6 Å². The summed E-state index contributed by atoms with van der Waals surface area (Å²) in [7, 11) is 0. The van der Waals surface area contributed by atoms with Gasteiger partial charge < -0.3 is 14.9 Å². The number of rotatable bonds is 0. The molecule has 2 N–H and O–H groups in total. The first kappa shape index (κ1) is 19.0. The number of aliphatic hydroxyl groups excluding tert-OH is 1. The Morgan fingerprint density at radius 1 is 0.966 bits per heavy atom. The van der Waals surface area contributed by atoms with Crippen LogP contribution < -0.4 is 0 Å². The molecule has 1 fully saturated rings. The predicted octanol–water partition coefficient (Wildman–Crippen LogP) is 3.55. The Bertz CT molecular complexity index is 987. The van der Waals surface area contributed by atoms with E-state index in [-0.39, 0.29) is 29.8 Å². The molecule has 4 atom stereocenters. The standard InChI is InChI=1S/C24H28O5/c1-21(2)9-15(25)18-16(10-21)29-23(28)12-22(3,4)11-17(26)24(23)19(18)13-7-5-6-8-14(13)20(24)27/h5-8,19-20,27-28H,9-12H2,1-4H3/t19-,20+,23+,24+/m1/s1. The van der Waals surface area contributed by atoms with Crippen molar-refractivity contribution < 1.29 is 24.5 Å². The Morgan fingerprint density at radius 3 is 2.31 bits per heavy atom. The van der Waals surface area contributed by atoms with Crippen LogP contribution in [0.3, 0.4) is 0 Å². The van der Waals surface area contributed by atoms with E-state index >= 15 is 0 Å². The average Bonchev–Trinajstić information content (AvgIpc) is 2.82. The van der Waals surface area contributed by atoms with Crippen LogP contribution >= 0.6 is 0 Å². The lowest BCUT2D eigenvalue weighted by Crippen LogP contribution is -2.66. The van der Waals surface area contributed by atoms with E-state index in [1.165, 1.54) is 0 Å². The number of carbonyl (C=O) groups excluding carboxylic acids is 2. The van der Waals surface area contributed by atoms with Crippen LogP contribution in [-0.2, 0) is 14.3 Å². The molecule has 5 nitrogen and oxygen atoms in total. The van der Waals surface area contributed by atoms with Crippen molar-refractivity contribution in [2.24, 2.45) is 16.2 Å². The van der Waals surface area contributed by atoms with Gasteiger partial charge >= 0.3 is 0 Å². The van der Waals surface area contributed by atoms with Gasteiger partial charge in [0.15, 0.2) is 5.78 Å². The van der Waals surface area contributed by atoms with Crippen LogP contribution in [0.5, 0.6) is 0 Å². The number of ether oxygens (including phenoxy) is 1. The van der Waals surface area contributed by atoms with E-state index < -0.39 is 28.6 Å². The number of fused-ring (bicyclic) bond motifs is 3. The smallest absolute Gasteiger partial charge is 0.224 e. The van der Waals surface area contributed by atoms with Gasteiger partial charge in [-0.1, -0.05) is 52.0 Å². The lowest BCUT2D eigenvalue weighted by molar-refractivity contribution is -0.305. The van der Waals surface area contributed by atoms with Crippen molar-refractivity contribution in [1.29, 1.82) is 0 Å². The van der Waals surface area contributed by atoms with Gasteiger partial charge in [0, 0.05) is 37.2 Å². The van der Waals surface area contributed by atoms with E-state index in [0.717, 1.165) is 5.56 Å². The zero-order chi connectivity index (χ0) is 21.0. The molecule has 1 saturated carbocycles. The van der Waals surface area contributed by atoms with Crippen LogP contribution in [0.1, 0.15) is 76.5 Å². The second-order valence-electron chi connectivity index (χ2n) is 10.9. The zero-order valence-corrected chi connectivity index (χ0v) is 17.4. The quantitative estimate of drug-likeness (QED) is 0.701. The van der Waals surface area contributed by atoms with Gasteiger partial charge in [0.2, 0.25) is 5.79 Å². The Hall–Kier alpha value is -1.98. The topological polar surface area (TPSA) is 83.8 Å². The molecule has 154 valence electrons. The summed E-state index contributed by atoms with van der Waals surface area (Å²) in [6.45, 7) is 7.89. The largest absolute Gasteiger partial charge is 0.465 e. The number of allylic oxidation sites excluding steroid dienone is 2. The van der Waals surface area contributed by atoms with Crippen LogP contribution in [-0.4, -0.2) is 27.6 Å². The van der Waals surface area contributed by atoms with Crippen LogP contribution in [0.2, 0.25) is 0 Å². The molecule has 0 amide bonds. The molecule has 1 aromatic rings. The molecule has 29 heavy (non-hydrogen) atoms. The molecule has 5 heteroatoms. The Morgan fingerprint density at radius 2 is 1.62 bits per heavy atom. The molecule has 1 heterocycles. The minimum atomic E-state index is -1.86. The van der Waals surface area contributed by atoms with Crippen molar-refractivity contribution in [1.82, 2.24) is 0 Å². The van der Waals surface area contributed by atoms with Gasteiger partial charge in [-0.05, 0) is 22.0 Å². The molecule has 5 rings (SSSR count). The van der Waals surface area contributed by atoms with Gasteiger partial charge in [-0.3, -0.25) is 9.59 Å². The van der Waals surface area contributed by atoms with E-state index in [0.29, 0.717) is 29.7 Å². The SMILES string of the molecule is CC1(C)CC(=O)C2=C(C1)O[C@@]1(O)CC(C)(C)CC(=O)[C@]13[C@@H](O)c1ccccc1[C@H]23. The molecular formula is C24H28O5. The van der Waals surface area contributed by atoms with Gasteiger partial charge in [-0.2, -0.15) is 0 Å². The number of benzene rings is 1. The molecule has 0 unspecified atom stereocenters. The Kier molecular flexibility index (Phi) is 3.53. The predicted molar refractivity (Wildman–Crippen MR) is 106 cm³/mol. The normalized spacial score (nSPS) is 39.2. The highest BCUT2D eigenvalue weighted by Crippen LogP contribution is 2.71. The van der Waals surface area contributed by atoms with Gasteiger partial charge in [0.25, 0.3) is 0 Å². The molecule has 0 aromatic heterocycles. The fourth-order valence-electron chi connectivity index (χ4n) is 6.48. The van der Waals surface area contributed by atoms with Crippen molar-refractivity contribution in [3.05, 3.63) is 46.7 Å². The highest BCUT2D eigenvalue weighted by Gasteiger charge is 2.76. The molecule has 1 aromatic carbocycles. The number of hydrogen-bond donors (Lipinski definition) is 2. The number of Topliss-reactive ketones (excluding diaryl/α,β-unsaturated/α-hetero) is 2. The van der Waals surface area contributed by atoms with Gasteiger partial charge in [-0.15, -0.1) is 0 Å². The minimum absolute atomic E-state index is 0.0517. The van der Waals surface area contributed by atoms with E-state index in [9.17, 15) is 19.8 Å². The molecule has 3 aliphatic carbocycles. The van der Waals surface area contributed by atoms with Crippen LogP contribution in [0.4, 0.5) is 0 Å². The first-order chi connectivity index (χ1) is 13.4. The maximum absolute atomic E-state index is 13.7. The summed E-state index contributed by atoms with van der Waals surface area (Å²) in [5.74, 6) is -2.32. The summed E-state index contributed by atoms with van der Waals surface area (Å²) >= 11 is 0. The zero-order valence-electron chi connectivity index (χ0n) is 17.4. The Balaban J connectivity index is 1.84. The maximum Gasteiger partial charge on any atom is 0.224 e. The summed E-state index contributed by atoms with van der Waals surface area (Å²) in [6, 6.07) is 7.33. The van der Waals surface area contributed by atoms with Gasteiger partial charge in [0.05, 0.1) is 6.10 Å². The van der Waals surface area contributed by atoms with E-state index in [4.69, 9.17) is 4.74 Å². The average molecular weight is 396 g/mol. The summed E-state index contributed by atoms with van der Waals surface area (Å²) < 4.78 is 6.23. The lowest BCUT2D eigenvalue weighted by atomic mass is 9.51. The third-order valence-electron chi connectivity index (χ3n) is 7.41. The fraction of sp³-hybridized carbons (Fsp3) is 0.583. The molecule has 1 spiro atoms. The molecule has 0 radical (unpaired) electrons. The maximum atomic E-state index is 13.7. The molecule has 4 aliphatic rings. The first-order valence-corrected chi connectivity index (χ1v) is 10.4. The lowest BCUT2D eigenvalue weighted by Gasteiger charge is -2.58. The minimum Gasteiger partial charge on any atom is -0.465 e. The third kappa shape index (κ3) is 2.23. The van der Waals surface area contributed by atoms with Crippen LogP contribution in [0, 0.1) is 16.2 Å². The molecular weight excluding hydrogens is 368 g/mol. The van der Waals surface area contributed by atoms with E-state index in [2.05, 4.69) is 0 Å². The highest BCUT2D eigenvalue weighted by atomic mass is 16.6. The summed E-state index contributed by atoms with van der Waals surface area (Å²) in [6.07, 6.45) is 0.115. The van der Waals surface area contributed by atoms with Crippen molar-refractivity contribution in [2.75, 3.05) is 0 Å². The molecule has 1 aliphatic heterocycles. The fourth-order valence-corrected chi connectivity index (χ4v) is 6.48. The Labute approximate surface area is 170 Å². The van der Waals surface area contributed by atoms with Gasteiger partial charge in [-0.25, -0.2) is 0 Å². The van der Waals surface area contributed by atoms with Gasteiger partial charge in [0.1, 0.15) is 17.0 Å². The second kappa shape index (κ2) is 5.38.